The van der Waals surface area contributed by atoms with Gasteiger partial charge in [-0.25, -0.2) is 4.90 Å². The summed E-state index contributed by atoms with van der Waals surface area (Å²) in [4.78, 5) is 21.5. The summed E-state index contributed by atoms with van der Waals surface area (Å²) >= 11 is 0. The second kappa shape index (κ2) is 5.07. The fraction of sp³-hybridized carbons (Fsp3) is 0.273. The van der Waals surface area contributed by atoms with Crippen molar-refractivity contribution in [3.63, 3.8) is 0 Å². The average Bonchev–Trinajstić information content (AvgIpc) is 2.17. The number of nitrogens with zero attached hydrogens (tertiary/aromatic N) is 1. The molecule has 0 aliphatic carbocycles. The van der Waals surface area contributed by atoms with E-state index >= 15 is 0 Å². The van der Waals surface area contributed by atoms with Crippen molar-refractivity contribution in [2.24, 2.45) is 0 Å². The summed E-state index contributed by atoms with van der Waals surface area (Å²) in [6.45, 7) is 2.11. The number of anilines is 2. The van der Waals surface area contributed by atoms with E-state index in [1.807, 2.05) is 0 Å². The Hall–Kier alpha value is -2.05. The Morgan fingerprint density at radius 2 is 1.61 bits per heavy atom. The van der Waals surface area contributed by atoms with Crippen LogP contribution in [0.15, 0.2) is 24.3 Å². The van der Waals surface area contributed by atoms with Crippen LogP contribution in [0, 0.1) is 0 Å². The van der Waals surface area contributed by atoms with Crippen LogP contribution in [0.2, 0.25) is 0 Å². The highest BCUT2D eigenvalue weighted by atomic mass is 19.4. The van der Waals surface area contributed by atoms with E-state index < -0.39 is 12.2 Å². The molecule has 0 spiro atoms. The monoisotopic (exact) mass is 260 g/mol. The number of rotatable bonds is 2. The molecule has 0 atom stereocenters. The van der Waals surface area contributed by atoms with Gasteiger partial charge >= 0.3 is 6.30 Å². The van der Waals surface area contributed by atoms with Crippen molar-refractivity contribution in [2.75, 3.05) is 10.2 Å². The number of carbonyl (C=O) groups excluding carboxylic acids is 2. The Labute approximate surface area is 101 Å². The standard InChI is InChI=1S/C11H11F3N2O2/c1-7(17)15-9-3-5-10(6-4-9)16(8(2)18)11(12,13)14/h3-6H,1-2H3,(H,15,17). The van der Waals surface area contributed by atoms with Gasteiger partial charge in [-0.3, -0.25) is 9.59 Å². The maximum absolute atomic E-state index is 12.6. The lowest BCUT2D eigenvalue weighted by Gasteiger charge is -2.23. The van der Waals surface area contributed by atoms with Crippen LogP contribution in [0.1, 0.15) is 13.8 Å². The van der Waals surface area contributed by atoms with Gasteiger partial charge in [-0.15, -0.1) is 13.2 Å². The Kier molecular flexibility index (Phi) is 3.95. The Morgan fingerprint density at radius 3 is 1.94 bits per heavy atom. The van der Waals surface area contributed by atoms with Crippen LogP contribution in [0.4, 0.5) is 24.5 Å². The van der Waals surface area contributed by atoms with Gasteiger partial charge in [-0.2, -0.15) is 0 Å². The molecule has 0 aliphatic rings. The van der Waals surface area contributed by atoms with E-state index in [-0.39, 0.29) is 16.5 Å². The van der Waals surface area contributed by atoms with Crippen LogP contribution >= 0.6 is 0 Å². The van der Waals surface area contributed by atoms with Crippen LogP contribution in [0.25, 0.3) is 0 Å². The predicted molar refractivity (Wildman–Crippen MR) is 60.0 cm³/mol. The van der Waals surface area contributed by atoms with Crippen molar-refractivity contribution in [3.8, 4) is 0 Å². The van der Waals surface area contributed by atoms with Crippen LogP contribution in [0.3, 0.4) is 0 Å². The van der Waals surface area contributed by atoms with E-state index in [0.29, 0.717) is 5.69 Å². The second-order valence-corrected chi connectivity index (χ2v) is 3.55. The summed E-state index contributed by atoms with van der Waals surface area (Å²) in [5.41, 5.74) is 0.0565. The molecule has 0 unspecified atom stereocenters. The molecule has 0 radical (unpaired) electrons. The number of halogens is 3. The molecule has 0 aromatic heterocycles. The summed E-state index contributed by atoms with van der Waals surface area (Å²) in [6, 6.07) is 4.80. The molecule has 1 aromatic rings. The molecule has 1 rings (SSSR count). The SMILES string of the molecule is CC(=O)Nc1ccc(N(C(C)=O)C(F)(F)F)cc1. The Bertz CT molecular complexity index is 454. The summed E-state index contributed by atoms with van der Waals surface area (Å²) in [5, 5.41) is 2.42. The molecule has 18 heavy (non-hydrogen) atoms. The summed E-state index contributed by atoms with van der Waals surface area (Å²) in [7, 11) is 0. The number of hydrogen-bond donors (Lipinski definition) is 1. The minimum Gasteiger partial charge on any atom is -0.326 e. The van der Waals surface area contributed by atoms with Crippen molar-refractivity contribution in [1.29, 1.82) is 0 Å². The molecule has 0 fully saturated rings. The molecule has 2 amide bonds. The Morgan fingerprint density at radius 1 is 1.11 bits per heavy atom. The molecular weight excluding hydrogens is 249 g/mol. The fourth-order valence-electron chi connectivity index (χ4n) is 1.40. The van der Waals surface area contributed by atoms with Gasteiger partial charge in [0.1, 0.15) is 0 Å². The van der Waals surface area contributed by atoms with Crippen LogP contribution < -0.4 is 10.2 Å². The summed E-state index contributed by atoms with van der Waals surface area (Å²) < 4.78 is 37.8. The van der Waals surface area contributed by atoms with Crippen molar-refractivity contribution in [1.82, 2.24) is 0 Å². The number of carbonyl (C=O) groups is 2. The number of amides is 2. The molecular formula is C11H11F3N2O2. The van der Waals surface area contributed by atoms with Gasteiger partial charge in [0.15, 0.2) is 0 Å². The predicted octanol–water partition coefficient (Wildman–Crippen LogP) is 2.52. The zero-order valence-electron chi connectivity index (χ0n) is 9.71. The number of hydrogen-bond acceptors (Lipinski definition) is 2. The smallest absolute Gasteiger partial charge is 0.326 e. The molecule has 4 nitrogen and oxygen atoms in total. The largest absolute Gasteiger partial charge is 0.491 e. The number of nitrogens with one attached hydrogen (secondary N) is 1. The van der Waals surface area contributed by atoms with Gasteiger partial charge in [-0.05, 0) is 24.3 Å². The van der Waals surface area contributed by atoms with Gasteiger partial charge in [-0.1, -0.05) is 0 Å². The molecule has 98 valence electrons. The Balaban J connectivity index is 3.02. The molecule has 0 saturated carbocycles. The lowest BCUT2D eigenvalue weighted by atomic mass is 10.2. The van der Waals surface area contributed by atoms with Crippen molar-refractivity contribution >= 4 is 23.2 Å². The van der Waals surface area contributed by atoms with Gasteiger partial charge in [0, 0.05) is 19.5 Å². The first-order chi connectivity index (χ1) is 8.21. The third-order valence-electron chi connectivity index (χ3n) is 2.01. The van der Waals surface area contributed by atoms with Gasteiger partial charge in [0.2, 0.25) is 11.8 Å². The first-order valence-corrected chi connectivity index (χ1v) is 4.97. The topological polar surface area (TPSA) is 49.4 Å². The third-order valence-corrected chi connectivity index (χ3v) is 2.01. The normalized spacial score (nSPS) is 10.9. The fourth-order valence-corrected chi connectivity index (χ4v) is 1.40. The highest BCUT2D eigenvalue weighted by molar-refractivity contribution is 5.93. The number of benzene rings is 1. The molecule has 0 aliphatic heterocycles. The van der Waals surface area contributed by atoms with E-state index in [1.165, 1.54) is 19.1 Å². The molecule has 0 heterocycles. The van der Waals surface area contributed by atoms with E-state index in [0.717, 1.165) is 19.1 Å². The molecule has 7 heteroatoms. The maximum Gasteiger partial charge on any atom is 0.491 e. The lowest BCUT2D eigenvalue weighted by molar-refractivity contribution is -0.148. The van der Waals surface area contributed by atoms with Crippen LogP contribution in [-0.2, 0) is 9.59 Å². The van der Waals surface area contributed by atoms with E-state index in [9.17, 15) is 22.8 Å². The molecule has 0 bridgehead atoms. The zero-order valence-corrected chi connectivity index (χ0v) is 9.71. The molecule has 1 aromatic carbocycles. The summed E-state index contributed by atoms with van der Waals surface area (Å²) in [5.74, 6) is -1.46. The van der Waals surface area contributed by atoms with Crippen LogP contribution in [-0.4, -0.2) is 18.1 Å². The van der Waals surface area contributed by atoms with E-state index in [2.05, 4.69) is 5.32 Å². The number of alkyl halides is 3. The summed E-state index contributed by atoms with van der Waals surface area (Å²) in [6.07, 6.45) is -4.78. The van der Waals surface area contributed by atoms with Crippen molar-refractivity contribution in [2.45, 2.75) is 20.1 Å². The minimum atomic E-state index is -4.78. The van der Waals surface area contributed by atoms with Gasteiger partial charge in [0.05, 0.1) is 5.69 Å². The highest BCUT2D eigenvalue weighted by Crippen LogP contribution is 2.29. The van der Waals surface area contributed by atoms with Crippen molar-refractivity contribution in [3.05, 3.63) is 24.3 Å². The average molecular weight is 260 g/mol. The van der Waals surface area contributed by atoms with Gasteiger partial charge in [0.25, 0.3) is 0 Å². The first-order valence-electron chi connectivity index (χ1n) is 4.97. The third kappa shape index (κ3) is 3.47. The second-order valence-electron chi connectivity index (χ2n) is 3.55. The van der Waals surface area contributed by atoms with E-state index in [1.54, 1.807) is 0 Å². The molecule has 0 saturated heterocycles. The van der Waals surface area contributed by atoms with Crippen molar-refractivity contribution < 1.29 is 22.8 Å². The minimum absolute atomic E-state index is 0.273. The van der Waals surface area contributed by atoms with Gasteiger partial charge < -0.3 is 5.32 Å². The quantitative estimate of drug-likeness (QED) is 0.830. The van der Waals surface area contributed by atoms with E-state index in [4.69, 9.17) is 0 Å². The van der Waals surface area contributed by atoms with Crippen LogP contribution in [0.5, 0.6) is 0 Å². The zero-order chi connectivity index (χ0) is 13.9. The molecule has 1 N–H and O–H groups in total. The lowest BCUT2D eigenvalue weighted by Crippen LogP contribution is -2.41. The maximum atomic E-state index is 12.6. The first kappa shape index (κ1) is 14.0. The highest BCUT2D eigenvalue weighted by Gasteiger charge is 2.40.